The molecular weight excluding hydrogens is 230 g/mol. The minimum absolute atomic E-state index is 0.219. The number of nitrogens with zero attached hydrogens (tertiary/aromatic N) is 4. The van der Waals surface area contributed by atoms with E-state index in [1.807, 2.05) is 6.92 Å². The molecule has 7 nitrogen and oxygen atoms in total. The van der Waals surface area contributed by atoms with Crippen LogP contribution < -0.4 is 10.6 Å². The summed E-state index contributed by atoms with van der Waals surface area (Å²) in [4.78, 5) is 6.64. The van der Waals surface area contributed by atoms with Crippen LogP contribution in [0.15, 0.2) is 6.20 Å². The van der Waals surface area contributed by atoms with E-state index in [0.29, 0.717) is 0 Å². The molecule has 3 rings (SSSR count). The zero-order chi connectivity index (χ0) is 12.5. The summed E-state index contributed by atoms with van der Waals surface area (Å²) in [6.07, 6.45) is 3.92. The van der Waals surface area contributed by atoms with Crippen LogP contribution in [-0.4, -0.2) is 44.5 Å². The lowest BCUT2D eigenvalue weighted by atomic mass is 10.1. The van der Waals surface area contributed by atoms with Crippen LogP contribution in [-0.2, 0) is 0 Å². The molecule has 1 aliphatic heterocycles. The third kappa shape index (κ3) is 1.97. The Hall–Kier alpha value is -1.89. The lowest BCUT2D eigenvalue weighted by molar-refractivity contribution is 0.500. The maximum absolute atomic E-state index is 5.97. The van der Waals surface area contributed by atoms with Crippen LogP contribution in [0, 0.1) is 6.92 Å². The number of nitrogens with one attached hydrogen (secondary N) is 2. The summed E-state index contributed by atoms with van der Waals surface area (Å²) in [5.74, 6) is 1.47. The standard InChI is InChI=1S/C11H17N7/c1-7-9(5-13-15-7)10-14-11(17-16-10)18-4-2-3-8(12)6-18/h5,8H,2-4,6,12H2,1H3,(H,13,15)(H,14,16,17). The number of piperidine rings is 1. The molecule has 1 unspecified atom stereocenters. The van der Waals surface area contributed by atoms with Crippen LogP contribution >= 0.6 is 0 Å². The average molecular weight is 247 g/mol. The van der Waals surface area contributed by atoms with Crippen molar-refractivity contribution in [3.05, 3.63) is 11.9 Å². The van der Waals surface area contributed by atoms with Crippen molar-refractivity contribution >= 4 is 5.95 Å². The van der Waals surface area contributed by atoms with Crippen molar-refractivity contribution in [3.8, 4) is 11.4 Å². The van der Waals surface area contributed by atoms with Crippen LogP contribution in [0.1, 0.15) is 18.5 Å². The molecule has 0 amide bonds. The minimum atomic E-state index is 0.219. The fourth-order valence-corrected chi connectivity index (χ4v) is 2.30. The second kappa shape index (κ2) is 4.41. The molecule has 0 aromatic carbocycles. The van der Waals surface area contributed by atoms with Gasteiger partial charge in [0.2, 0.25) is 5.95 Å². The van der Waals surface area contributed by atoms with Gasteiger partial charge in [-0.2, -0.15) is 10.1 Å². The number of aromatic nitrogens is 5. The molecule has 3 heterocycles. The number of rotatable bonds is 2. The van der Waals surface area contributed by atoms with Crippen molar-refractivity contribution in [2.45, 2.75) is 25.8 Å². The van der Waals surface area contributed by atoms with E-state index in [0.717, 1.165) is 49.0 Å². The van der Waals surface area contributed by atoms with Gasteiger partial charge in [0.1, 0.15) is 0 Å². The van der Waals surface area contributed by atoms with Crippen LogP contribution in [0.5, 0.6) is 0 Å². The van der Waals surface area contributed by atoms with E-state index in [1.54, 1.807) is 6.20 Å². The highest BCUT2D eigenvalue weighted by Gasteiger charge is 2.20. The average Bonchev–Trinajstić information content (AvgIpc) is 2.97. The summed E-state index contributed by atoms with van der Waals surface area (Å²) in [6, 6.07) is 0.219. The Balaban J connectivity index is 1.83. The molecule has 0 saturated carbocycles. The predicted octanol–water partition coefficient (Wildman–Crippen LogP) is 0.431. The second-order valence-corrected chi connectivity index (χ2v) is 4.74. The van der Waals surface area contributed by atoms with Gasteiger partial charge in [0.25, 0.3) is 0 Å². The first kappa shape index (κ1) is 11.2. The number of H-pyrrole nitrogens is 2. The predicted molar refractivity (Wildman–Crippen MR) is 68.1 cm³/mol. The third-order valence-corrected chi connectivity index (χ3v) is 3.30. The minimum Gasteiger partial charge on any atom is -0.338 e. The maximum Gasteiger partial charge on any atom is 0.245 e. The Bertz CT molecular complexity index is 529. The summed E-state index contributed by atoms with van der Waals surface area (Å²) in [6.45, 7) is 3.75. The number of hydrogen-bond donors (Lipinski definition) is 3. The molecule has 2 aromatic heterocycles. The molecule has 96 valence electrons. The Morgan fingerprint density at radius 3 is 3.06 bits per heavy atom. The van der Waals surface area contributed by atoms with Crippen LogP contribution in [0.3, 0.4) is 0 Å². The summed E-state index contributed by atoms with van der Waals surface area (Å²) in [5, 5.41) is 14.1. The van der Waals surface area contributed by atoms with Gasteiger partial charge in [-0.3, -0.25) is 10.2 Å². The third-order valence-electron chi connectivity index (χ3n) is 3.30. The van der Waals surface area contributed by atoms with Crippen LogP contribution in [0.25, 0.3) is 11.4 Å². The Labute approximate surface area is 105 Å². The monoisotopic (exact) mass is 247 g/mol. The molecule has 0 aliphatic carbocycles. The van der Waals surface area contributed by atoms with Gasteiger partial charge >= 0.3 is 0 Å². The van der Waals surface area contributed by atoms with E-state index in [2.05, 4.69) is 30.3 Å². The highest BCUT2D eigenvalue weighted by molar-refractivity contribution is 5.57. The van der Waals surface area contributed by atoms with Crippen molar-refractivity contribution in [2.24, 2.45) is 5.73 Å². The number of nitrogens with two attached hydrogens (primary N) is 1. The van der Waals surface area contributed by atoms with E-state index < -0.39 is 0 Å². The lowest BCUT2D eigenvalue weighted by Gasteiger charge is -2.29. The zero-order valence-electron chi connectivity index (χ0n) is 10.3. The lowest BCUT2D eigenvalue weighted by Crippen LogP contribution is -2.43. The van der Waals surface area contributed by atoms with Gasteiger partial charge in [-0.05, 0) is 19.8 Å². The largest absolute Gasteiger partial charge is 0.338 e. The van der Waals surface area contributed by atoms with E-state index in [4.69, 9.17) is 5.73 Å². The first-order chi connectivity index (χ1) is 8.74. The van der Waals surface area contributed by atoms with Gasteiger partial charge < -0.3 is 10.6 Å². The van der Waals surface area contributed by atoms with E-state index in [1.165, 1.54) is 0 Å². The van der Waals surface area contributed by atoms with Gasteiger partial charge in [0.05, 0.1) is 11.8 Å². The van der Waals surface area contributed by atoms with Crippen molar-refractivity contribution in [1.29, 1.82) is 0 Å². The fourth-order valence-electron chi connectivity index (χ4n) is 2.30. The first-order valence-electron chi connectivity index (χ1n) is 6.17. The van der Waals surface area contributed by atoms with Crippen molar-refractivity contribution in [1.82, 2.24) is 25.4 Å². The van der Waals surface area contributed by atoms with E-state index in [9.17, 15) is 0 Å². The highest BCUT2D eigenvalue weighted by atomic mass is 15.4. The molecule has 0 spiro atoms. The SMILES string of the molecule is Cc1[nH]ncc1-c1nc(N2CCCC(N)C2)n[nH]1. The molecule has 1 atom stereocenters. The summed E-state index contributed by atoms with van der Waals surface area (Å²) in [7, 11) is 0. The molecule has 1 fully saturated rings. The molecule has 7 heteroatoms. The van der Waals surface area contributed by atoms with Gasteiger partial charge in [-0.25, -0.2) is 0 Å². The molecule has 0 radical (unpaired) electrons. The maximum atomic E-state index is 5.97. The molecule has 1 saturated heterocycles. The molecule has 4 N–H and O–H groups in total. The number of anilines is 1. The van der Waals surface area contributed by atoms with E-state index >= 15 is 0 Å². The summed E-state index contributed by atoms with van der Waals surface area (Å²) >= 11 is 0. The van der Waals surface area contributed by atoms with Gasteiger partial charge in [-0.1, -0.05) is 0 Å². The molecule has 2 aromatic rings. The molecular formula is C11H17N7. The van der Waals surface area contributed by atoms with Crippen LogP contribution in [0.2, 0.25) is 0 Å². The van der Waals surface area contributed by atoms with Crippen LogP contribution in [0.4, 0.5) is 5.95 Å². The number of aromatic amines is 2. The van der Waals surface area contributed by atoms with Gasteiger partial charge in [-0.15, -0.1) is 5.10 Å². The summed E-state index contributed by atoms with van der Waals surface area (Å²) < 4.78 is 0. The highest BCUT2D eigenvalue weighted by Crippen LogP contribution is 2.21. The smallest absolute Gasteiger partial charge is 0.245 e. The van der Waals surface area contributed by atoms with Gasteiger partial charge in [0.15, 0.2) is 5.82 Å². The molecule has 18 heavy (non-hydrogen) atoms. The Kier molecular flexibility index (Phi) is 2.75. The molecule has 1 aliphatic rings. The first-order valence-corrected chi connectivity index (χ1v) is 6.17. The second-order valence-electron chi connectivity index (χ2n) is 4.74. The quantitative estimate of drug-likeness (QED) is 0.714. The fraction of sp³-hybridized carbons (Fsp3) is 0.545. The number of aryl methyl sites for hydroxylation is 1. The van der Waals surface area contributed by atoms with Crippen molar-refractivity contribution in [2.75, 3.05) is 18.0 Å². The normalized spacial score (nSPS) is 20.3. The Morgan fingerprint density at radius 1 is 1.44 bits per heavy atom. The topological polar surface area (TPSA) is 99.5 Å². The van der Waals surface area contributed by atoms with Gasteiger partial charge in [0, 0.05) is 24.8 Å². The van der Waals surface area contributed by atoms with Crippen molar-refractivity contribution < 1.29 is 0 Å². The zero-order valence-corrected chi connectivity index (χ0v) is 10.3. The van der Waals surface area contributed by atoms with E-state index in [-0.39, 0.29) is 6.04 Å². The number of hydrogen-bond acceptors (Lipinski definition) is 5. The molecule has 0 bridgehead atoms. The van der Waals surface area contributed by atoms with Crippen molar-refractivity contribution in [3.63, 3.8) is 0 Å². The Morgan fingerprint density at radius 2 is 2.33 bits per heavy atom. The summed E-state index contributed by atoms with van der Waals surface area (Å²) in [5.41, 5.74) is 7.90.